The van der Waals surface area contributed by atoms with Crippen LogP contribution in [0.1, 0.15) is 12.5 Å². The van der Waals surface area contributed by atoms with Crippen molar-refractivity contribution < 1.29 is 0 Å². The Balaban J connectivity index is 1.18. The Morgan fingerprint density at radius 2 is 1.70 bits per heavy atom. The number of nitrogens with one attached hydrogen (secondary N) is 1. The second kappa shape index (κ2) is 12.0. The third-order valence-electron chi connectivity index (χ3n) is 7.37. The summed E-state index contributed by atoms with van der Waals surface area (Å²) in [5.41, 5.74) is 6.14. The van der Waals surface area contributed by atoms with Crippen LogP contribution in [0.4, 0.5) is 11.4 Å². The lowest BCUT2D eigenvalue weighted by Gasteiger charge is -2.34. The number of hydrogen-bond acceptors (Lipinski definition) is 7. The summed E-state index contributed by atoms with van der Waals surface area (Å²) in [5.74, 6) is 0. The van der Waals surface area contributed by atoms with Crippen LogP contribution >= 0.6 is 23.4 Å². The summed E-state index contributed by atoms with van der Waals surface area (Å²) in [4.78, 5) is 19.7. The molecule has 0 saturated carbocycles. The largest absolute Gasteiger partial charge is 0.355 e. The third-order valence-corrected chi connectivity index (χ3v) is 8.95. The number of rotatable bonds is 8. The Kier molecular flexibility index (Phi) is 8.02. The van der Waals surface area contributed by atoms with E-state index in [9.17, 15) is 0 Å². The van der Waals surface area contributed by atoms with Gasteiger partial charge < -0.3 is 14.8 Å². The molecule has 0 unspecified atom stereocenters. The summed E-state index contributed by atoms with van der Waals surface area (Å²) in [7, 11) is 1.97. The summed E-state index contributed by atoms with van der Waals surface area (Å²) in [6.07, 6.45) is 7.46. The smallest absolute Gasteiger partial charge is 0.172 e. The van der Waals surface area contributed by atoms with E-state index in [0.717, 1.165) is 82.9 Å². The summed E-state index contributed by atoms with van der Waals surface area (Å²) < 4.78 is 1.98. The number of hydrogen-bond donors (Lipinski definition) is 1. The Morgan fingerprint density at radius 1 is 0.875 bits per heavy atom. The Hall–Kier alpha value is -3.43. The van der Waals surface area contributed by atoms with Gasteiger partial charge in [-0.3, -0.25) is 14.9 Å². The fourth-order valence-electron chi connectivity index (χ4n) is 5.03. The average molecular weight is 570 g/mol. The molecular formula is C31H32ClN7S. The van der Waals surface area contributed by atoms with Crippen molar-refractivity contribution in [1.82, 2.24) is 29.3 Å². The van der Waals surface area contributed by atoms with Crippen LogP contribution in [0.25, 0.3) is 22.2 Å². The number of benzene rings is 2. The van der Waals surface area contributed by atoms with E-state index in [0.29, 0.717) is 5.02 Å². The molecule has 2 aromatic carbocycles. The molecule has 1 saturated heterocycles. The van der Waals surface area contributed by atoms with Gasteiger partial charge in [-0.1, -0.05) is 42.4 Å². The number of pyridine rings is 2. The molecule has 1 fully saturated rings. The SMILES string of the molecule is CCN1CCN(Cc2ccnc(-c3ccc4c(Nc5ccc(Sc6nccn6C)c(Cl)c5)ccnc4c3)c2)CC1. The molecule has 40 heavy (non-hydrogen) atoms. The molecule has 1 N–H and O–H groups in total. The minimum absolute atomic E-state index is 0.678. The van der Waals surface area contributed by atoms with Crippen molar-refractivity contribution in [2.24, 2.45) is 7.05 Å². The molecule has 1 aliphatic heterocycles. The number of aromatic nitrogens is 4. The van der Waals surface area contributed by atoms with Gasteiger partial charge in [-0.2, -0.15) is 0 Å². The highest BCUT2D eigenvalue weighted by molar-refractivity contribution is 7.99. The van der Waals surface area contributed by atoms with Gasteiger partial charge in [0.2, 0.25) is 0 Å². The van der Waals surface area contributed by atoms with E-state index in [4.69, 9.17) is 11.6 Å². The van der Waals surface area contributed by atoms with Gasteiger partial charge in [0.25, 0.3) is 0 Å². The molecule has 0 spiro atoms. The van der Waals surface area contributed by atoms with Crippen molar-refractivity contribution in [3.63, 3.8) is 0 Å². The van der Waals surface area contributed by atoms with Crippen molar-refractivity contribution >= 4 is 45.6 Å². The van der Waals surface area contributed by atoms with Gasteiger partial charge in [0.15, 0.2) is 5.16 Å². The molecular weight excluding hydrogens is 538 g/mol. The first kappa shape index (κ1) is 26.8. The molecule has 0 aliphatic carbocycles. The predicted octanol–water partition coefficient (Wildman–Crippen LogP) is 6.72. The van der Waals surface area contributed by atoms with Gasteiger partial charge in [-0.05, 0) is 54.6 Å². The zero-order chi connectivity index (χ0) is 27.5. The van der Waals surface area contributed by atoms with Crippen LogP contribution in [0.2, 0.25) is 5.02 Å². The van der Waals surface area contributed by atoms with E-state index in [1.807, 2.05) is 54.5 Å². The van der Waals surface area contributed by atoms with E-state index < -0.39 is 0 Å². The lowest BCUT2D eigenvalue weighted by Crippen LogP contribution is -2.45. The van der Waals surface area contributed by atoms with Crippen molar-refractivity contribution in [1.29, 1.82) is 0 Å². The Morgan fingerprint density at radius 3 is 2.48 bits per heavy atom. The van der Waals surface area contributed by atoms with Crippen LogP contribution in [0.15, 0.2) is 89.4 Å². The predicted molar refractivity (Wildman–Crippen MR) is 164 cm³/mol. The summed E-state index contributed by atoms with van der Waals surface area (Å²) in [5, 5.41) is 6.14. The van der Waals surface area contributed by atoms with Crippen LogP contribution in [0.3, 0.4) is 0 Å². The second-order valence-corrected chi connectivity index (χ2v) is 11.5. The normalized spacial score (nSPS) is 14.6. The van der Waals surface area contributed by atoms with Crippen molar-refractivity contribution in [2.45, 2.75) is 23.5 Å². The number of aryl methyl sites for hydroxylation is 1. The summed E-state index contributed by atoms with van der Waals surface area (Å²) >= 11 is 8.18. The number of imidazole rings is 1. The number of piperazine rings is 1. The zero-order valence-corrected chi connectivity index (χ0v) is 24.3. The second-order valence-electron chi connectivity index (χ2n) is 10.0. The van der Waals surface area contributed by atoms with Crippen molar-refractivity contribution in [3.05, 3.63) is 90.0 Å². The maximum Gasteiger partial charge on any atom is 0.172 e. The van der Waals surface area contributed by atoms with E-state index in [1.165, 1.54) is 5.56 Å². The highest BCUT2D eigenvalue weighted by atomic mass is 35.5. The quantitative estimate of drug-likeness (QED) is 0.223. The lowest BCUT2D eigenvalue weighted by molar-refractivity contribution is 0.132. The number of fused-ring (bicyclic) bond motifs is 1. The maximum absolute atomic E-state index is 6.64. The molecule has 1 aliphatic rings. The summed E-state index contributed by atoms with van der Waals surface area (Å²) in [6, 6.07) is 18.7. The standard InChI is InChI=1S/C31H32ClN7S/c1-3-38-14-16-39(17-15-38)21-22-8-10-33-28(18-22)23-4-6-25-27(9-11-34-29(25)19-23)36-24-5-7-30(26(32)20-24)40-31-35-12-13-37(31)2/h4-13,18-20H,3,14-17,21H2,1-2H3,(H,34,36). The van der Waals surface area contributed by atoms with Crippen LogP contribution in [-0.4, -0.2) is 62.0 Å². The first-order valence-electron chi connectivity index (χ1n) is 13.6. The molecule has 204 valence electrons. The van der Waals surface area contributed by atoms with Gasteiger partial charge in [-0.25, -0.2) is 4.98 Å². The fraction of sp³-hybridized carbons (Fsp3) is 0.258. The molecule has 9 heteroatoms. The molecule has 4 heterocycles. The minimum atomic E-state index is 0.678. The van der Waals surface area contributed by atoms with Gasteiger partial charge in [0.05, 0.1) is 16.2 Å². The van der Waals surface area contributed by atoms with Gasteiger partial charge in [0, 0.05) is 91.8 Å². The Labute approximate surface area is 244 Å². The topological polar surface area (TPSA) is 62.1 Å². The van der Waals surface area contributed by atoms with Crippen molar-refractivity contribution in [2.75, 3.05) is 38.0 Å². The van der Waals surface area contributed by atoms with Gasteiger partial charge in [0.1, 0.15) is 0 Å². The van der Waals surface area contributed by atoms with Crippen LogP contribution in [-0.2, 0) is 13.6 Å². The molecule has 3 aromatic heterocycles. The third kappa shape index (κ3) is 6.00. The Bertz CT molecular complexity index is 1630. The highest BCUT2D eigenvalue weighted by Gasteiger charge is 2.16. The van der Waals surface area contributed by atoms with Gasteiger partial charge >= 0.3 is 0 Å². The monoisotopic (exact) mass is 569 g/mol. The van der Waals surface area contributed by atoms with Crippen LogP contribution in [0, 0.1) is 0 Å². The first-order chi connectivity index (χ1) is 19.6. The van der Waals surface area contributed by atoms with Gasteiger partial charge in [-0.15, -0.1) is 0 Å². The summed E-state index contributed by atoms with van der Waals surface area (Å²) in [6.45, 7) is 8.82. The van der Waals surface area contributed by atoms with E-state index in [1.54, 1.807) is 18.0 Å². The number of likely N-dealkylation sites (N-methyl/N-ethyl adjacent to an activating group) is 1. The number of halogens is 1. The zero-order valence-electron chi connectivity index (χ0n) is 22.7. The first-order valence-corrected chi connectivity index (χ1v) is 14.8. The lowest BCUT2D eigenvalue weighted by atomic mass is 10.1. The maximum atomic E-state index is 6.64. The number of nitrogens with zero attached hydrogens (tertiary/aromatic N) is 6. The molecule has 0 atom stereocenters. The fourth-order valence-corrected chi connectivity index (χ4v) is 6.14. The molecule has 0 radical (unpaired) electrons. The molecule has 5 aromatic rings. The van der Waals surface area contributed by atoms with E-state index in [2.05, 4.69) is 67.3 Å². The average Bonchev–Trinajstić information content (AvgIpc) is 3.39. The molecule has 7 nitrogen and oxygen atoms in total. The van der Waals surface area contributed by atoms with E-state index >= 15 is 0 Å². The molecule has 6 rings (SSSR count). The van der Waals surface area contributed by atoms with Crippen LogP contribution in [0.5, 0.6) is 0 Å². The van der Waals surface area contributed by atoms with Crippen LogP contribution < -0.4 is 5.32 Å². The molecule has 0 amide bonds. The highest BCUT2D eigenvalue weighted by Crippen LogP contribution is 2.35. The minimum Gasteiger partial charge on any atom is -0.355 e. The van der Waals surface area contributed by atoms with Crippen molar-refractivity contribution in [3.8, 4) is 11.3 Å². The van der Waals surface area contributed by atoms with E-state index in [-0.39, 0.29) is 0 Å². The number of anilines is 2. The molecule has 0 bridgehead atoms.